The van der Waals surface area contributed by atoms with Crippen LogP contribution in [0.2, 0.25) is 5.02 Å². The normalized spacial score (nSPS) is 12.2. The summed E-state index contributed by atoms with van der Waals surface area (Å²) in [7, 11) is 0. The zero-order valence-corrected chi connectivity index (χ0v) is 11.4. The number of aryl methyl sites for hydroxylation is 1. The predicted octanol–water partition coefficient (Wildman–Crippen LogP) is 4.61. The van der Waals surface area contributed by atoms with Crippen molar-refractivity contribution in [3.8, 4) is 0 Å². The molecule has 0 saturated heterocycles. The number of aromatic nitrogens is 1. The second-order valence-corrected chi connectivity index (χ2v) is 4.78. The maximum Gasteiger partial charge on any atom is 0.0531 e. The first-order valence-electron chi connectivity index (χ1n) is 6.13. The monoisotopic (exact) mass is 260 g/mol. The molecule has 0 aliphatic rings. The van der Waals surface area contributed by atoms with Crippen molar-refractivity contribution in [1.82, 2.24) is 4.98 Å². The molecule has 1 N–H and O–H groups in total. The molecule has 0 radical (unpaired) electrons. The Kier molecular flexibility index (Phi) is 4.21. The van der Waals surface area contributed by atoms with Crippen LogP contribution in [0.15, 0.2) is 42.6 Å². The van der Waals surface area contributed by atoms with E-state index in [1.807, 2.05) is 37.4 Å². The summed E-state index contributed by atoms with van der Waals surface area (Å²) >= 11 is 6.03. The molecule has 18 heavy (non-hydrogen) atoms. The third-order valence-electron chi connectivity index (χ3n) is 2.91. The van der Waals surface area contributed by atoms with Crippen molar-refractivity contribution >= 4 is 17.3 Å². The predicted molar refractivity (Wildman–Crippen MR) is 77.1 cm³/mol. The van der Waals surface area contributed by atoms with Gasteiger partial charge in [-0.25, -0.2) is 0 Å². The third-order valence-corrected chi connectivity index (χ3v) is 3.15. The molecule has 0 fully saturated rings. The Morgan fingerprint density at radius 1 is 1.28 bits per heavy atom. The zero-order valence-electron chi connectivity index (χ0n) is 10.7. The van der Waals surface area contributed by atoms with Crippen LogP contribution in [0.4, 0.5) is 5.69 Å². The van der Waals surface area contributed by atoms with Crippen LogP contribution in [0, 0.1) is 6.92 Å². The molecule has 2 aromatic rings. The Bertz CT molecular complexity index is 508. The van der Waals surface area contributed by atoms with Crippen molar-refractivity contribution in [3.05, 3.63) is 58.9 Å². The number of benzene rings is 1. The van der Waals surface area contributed by atoms with Gasteiger partial charge in [0.25, 0.3) is 0 Å². The van der Waals surface area contributed by atoms with Gasteiger partial charge in [-0.05, 0) is 43.2 Å². The van der Waals surface area contributed by atoms with Gasteiger partial charge < -0.3 is 5.32 Å². The minimum atomic E-state index is 0.258. The molecule has 1 aromatic heterocycles. The Morgan fingerprint density at radius 3 is 2.72 bits per heavy atom. The van der Waals surface area contributed by atoms with Gasteiger partial charge in [0.05, 0.1) is 17.9 Å². The molecule has 0 aliphatic heterocycles. The number of pyridine rings is 1. The van der Waals surface area contributed by atoms with Crippen LogP contribution in [0.5, 0.6) is 0 Å². The summed E-state index contributed by atoms with van der Waals surface area (Å²) in [4.78, 5) is 4.29. The first-order chi connectivity index (χ1) is 8.69. The summed E-state index contributed by atoms with van der Waals surface area (Å²) in [5.74, 6) is 0. The van der Waals surface area contributed by atoms with Gasteiger partial charge in [-0.15, -0.1) is 0 Å². The molecular weight excluding hydrogens is 244 g/mol. The zero-order chi connectivity index (χ0) is 13.0. The summed E-state index contributed by atoms with van der Waals surface area (Å²) < 4.78 is 0. The van der Waals surface area contributed by atoms with Gasteiger partial charge in [0.15, 0.2) is 0 Å². The Balaban J connectivity index is 2.17. The molecule has 0 bridgehead atoms. The average Bonchev–Trinajstić information content (AvgIpc) is 2.38. The van der Waals surface area contributed by atoms with E-state index >= 15 is 0 Å². The average molecular weight is 261 g/mol. The fraction of sp³-hybridized carbons (Fsp3) is 0.267. The first kappa shape index (κ1) is 12.9. The van der Waals surface area contributed by atoms with Crippen molar-refractivity contribution in [1.29, 1.82) is 0 Å². The Labute approximate surface area is 113 Å². The van der Waals surface area contributed by atoms with Crippen molar-refractivity contribution in [3.63, 3.8) is 0 Å². The Morgan fingerprint density at radius 2 is 2.11 bits per heavy atom. The lowest BCUT2D eigenvalue weighted by Crippen LogP contribution is -2.09. The fourth-order valence-corrected chi connectivity index (χ4v) is 2.10. The van der Waals surface area contributed by atoms with Crippen molar-refractivity contribution in [2.75, 3.05) is 5.32 Å². The fourth-order valence-electron chi connectivity index (χ4n) is 1.90. The lowest BCUT2D eigenvalue weighted by molar-refractivity contribution is 0.748. The van der Waals surface area contributed by atoms with E-state index in [1.54, 1.807) is 0 Å². The molecule has 1 heterocycles. The first-order valence-corrected chi connectivity index (χ1v) is 6.51. The van der Waals surface area contributed by atoms with Crippen LogP contribution >= 0.6 is 11.6 Å². The number of nitrogens with one attached hydrogen (secondary N) is 1. The SMILES string of the molecule is CCC(Nc1ccc(C)nc1)c1cccc(Cl)c1. The Hall–Kier alpha value is -1.54. The van der Waals surface area contributed by atoms with E-state index in [9.17, 15) is 0 Å². The van der Waals surface area contributed by atoms with E-state index in [0.717, 1.165) is 22.8 Å². The van der Waals surface area contributed by atoms with Gasteiger partial charge in [-0.2, -0.15) is 0 Å². The highest BCUT2D eigenvalue weighted by Crippen LogP contribution is 2.24. The third kappa shape index (κ3) is 3.23. The minimum Gasteiger partial charge on any atom is -0.377 e. The van der Waals surface area contributed by atoms with E-state index in [1.165, 1.54) is 5.56 Å². The summed E-state index contributed by atoms with van der Waals surface area (Å²) in [6.07, 6.45) is 2.86. The van der Waals surface area contributed by atoms with E-state index in [2.05, 4.69) is 29.4 Å². The second kappa shape index (κ2) is 5.87. The smallest absolute Gasteiger partial charge is 0.0531 e. The highest BCUT2D eigenvalue weighted by atomic mass is 35.5. The molecule has 3 heteroatoms. The number of halogens is 1. The van der Waals surface area contributed by atoms with E-state index in [4.69, 9.17) is 11.6 Å². The molecule has 1 unspecified atom stereocenters. The molecule has 94 valence electrons. The van der Waals surface area contributed by atoms with Gasteiger partial charge in [0.1, 0.15) is 0 Å². The highest BCUT2D eigenvalue weighted by molar-refractivity contribution is 6.30. The quantitative estimate of drug-likeness (QED) is 0.869. The minimum absolute atomic E-state index is 0.258. The van der Waals surface area contributed by atoms with Crippen LogP contribution in [0.25, 0.3) is 0 Å². The molecular formula is C15H17ClN2. The standard InChI is InChI=1S/C15H17ClN2/c1-3-15(12-5-4-6-13(16)9-12)18-14-8-7-11(2)17-10-14/h4-10,15,18H,3H2,1-2H3. The number of rotatable bonds is 4. The molecule has 0 spiro atoms. The summed E-state index contributed by atoms with van der Waals surface area (Å²) in [6, 6.07) is 12.3. The lowest BCUT2D eigenvalue weighted by Gasteiger charge is -2.18. The van der Waals surface area contributed by atoms with Crippen LogP contribution in [-0.2, 0) is 0 Å². The van der Waals surface area contributed by atoms with Crippen LogP contribution in [0.1, 0.15) is 30.6 Å². The van der Waals surface area contributed by atoms with Gasteiger partial charge >= 0.3 is 0 Å². The van der Waals surface area contributed by atoms with Crippen molar-refractivity contribution in [2.45, 2.75) is 26.3 Å². The highest BCUT2D eigenvalue weighted by Gasteiger charge is 2.09. The maximum absolute atomic E-state index is 6.03. The van der Waals surface area contributed by atoms with E-state index in [-0.39, 0.29) is 6.04 Å². The van der Waals surface area contributed by atoms with Crippen LogP contribution in [0.3, 0.4) is 0 Å². The van der Waals surface area contributed by atoms with Crippen molar-refractivity contribution in [2.24, 2.45) is 0 Å². The molecule has 0 saturated carbocycles. The molecule has 0 aliphatic carbocycles. The summed E-state index contributed by atoms with van der Waals surface area (Å²) in [5.41, 5.74) is 3.26. The summed E-state index contributed by atoms with van der Waals surface area (Å²) in [6.45, 7) is 4.14. The molecule has 0 amide bonds. The number of hydrogen-bond donors (Lipinski definition) is 1. The molecule has 2 nitrogen and oxygen atoms in total. The molecule has 2 rings (SSSR count). The lowest BCUT2D eigenvalue weighted by atomic mass is 10.0. The van der Waals surface area contributed by atoms with Crippen molar-refractivity contribution < 1.29 is 0 Å². The largest absolute Gasteiger partial charge is 0.377 e. The van der Waals surface area contributed by atoms with Crippen LogP contribution < -0.4 is 5.32 Å². The number of nitrogens with zero attached hydrogens (tertiary/aromatic N) is 1. The van der Waals surface area contributed by atoms with E-state index in [0.29, 0.717) is 0 Å². The van der Waals surface area contributed by atoms with Gasteiger partial charge in [-0.3, -0.25) is 4.98 Å². The second-order valence-electron chi connectivity index (χ2n) is 4.35. The molecule has 1 aromatic carbocycles. The van der Waals surface area contributed by atoms with Gasteiger partial charge in [0, 0.05) is 10.7 Å². The summed E-state index contributed by atoms with van der Waals surface area (Å²) in [5, 5.41) is 4.25. The maximum atomic E-state index is 6.03. The topological polar surface area (TPSA) is 24.9 Å². The van der Waals surface area contributed by atoms with Crippen LogP contribution in [-0.4, -0.2) is 4.98 Å². The number of hydrogen-bond acceptors (Lipinski definition) is 2. The van der Waals surface area contributed by atoms with E-state index < -0.39 is 0 Å². The van der Waals surface area contributed by atoms with Gasteiger partial charge in [-0.1, -0.05) is 30.7 Å². The molecule has 1 atom stereocenters. The number of anilines is 1. The van der Waals surface area contributed by atoms with Gasteiger partial charge in [0.2, 0.25) is 0 Å².